The van der Waals surface area contributed by atoms with Gasteiger partial charge in [0.1, 0.15) is 0 Å². The smallest absolute Gasteiger partial charge is 0.255 e. The van der Waals surface area contributed by atoms with E-state index in [2.05, 4.69) is 26.0 Å². The summed E-state index contributed by atoms with van der Waals surface area (Å²) in [6.07, 6.45) is 0. The maximum Gasteiger partial charge on any atom is 0.255 e. The van der Waals surface area contributed by atoms with Crippen LogP contribution in [0.15, 0.2) is 53.0 Å². The predicted molar refractivity (Wildman–Crippen MR) is 96.2 cm³/mol. The average Bonchev–Trinajstić information content (AvgIpc) is 2.49. The molecule has 0 heterocycles. The third-order valence-electron chi connectivity index (χ3n) is 3.13. The number of rotatable bonds is 5. The van der Waals surface area contributed by atoms with E-state index in [0.717, 1.165) is 4.47 Å². The lowest BCUT2D eigenvalue weighted by Gasteiger charge is -2.11. The van der Waals surface area contributed by atoms with Crippen LogP contribution in [0.3, 0.4) is 0 Å². The van der Waals surface area contributed by atoms with Crippen molar-refractivity contribution in [2.45, 2.75) is 19.1 Å². The molecule has 2 aromatic carbocycles. The highest BCUT2D eigenvalue weighted by atomic mass is 79.9. The van der Waals surface area contributed by atoms with Crippen molar-refractivity contribution in [3.05, 3.63) is 58.6 Å². The van der Waals surface area contributed by atoms with Gasteiger partial charge >= 0.3 is 0 Å². The molecule has 23 heavy (non-hydrogen) atoms. The molecule has 0 saturated heterocycles. The van der Waals surface area contributed by atoms with E-state index in [1.54, 1.807) is 50.2 Å². The minimum Gasteiger partial charge on any atom is -0.322 e. The van der Waals surface area contributed by atoms with Crippen molar-refractivity contribution in [2.75, 3.05) is 10.0 Å². The molecule has 7 heteroatoms. The Balaban J connectivity index is 2.07. The zero-order valence-electron chi connectivity index (χ0n) is 12.7. The summed E-state index contributed by atoms with van der Waals surface area (Å²) >= 11 is 3.33. The van der Waals surface area contributed by atoms with Gasteiger partial charge < -0.3 is 5.32 Å². The molecule has 0 fully saturated rings. The van der Waals surface area contributed by atoms with Gasteiger partial charge in [0.2, 0.25) is 10.0 Å². The molecule has 0 unspecified atom stereocenters. The number of nitrogens with one attached hydrogen (secondary N) is 2. The third-order valence-corrected chi connectivity index (χ3v) is 5.42. The van der Waals surface area contributed by atoms with Crippen molar-refractivity contribution in [2.24, 2.45) is 0 Å². The second-order valence-electron chi connectivity index (χ2n) is 5.23. The Morgan fingerprint density at radius 2 is 1.48 bits per heavy atom. The van der Waals surface area contributed by atoms with Crippen LogP contribution in [0.1, 0.15) is 24.2 Å². The predicted octanol–water partition coefficient (Wildman–Crippen LogP) is 3.85. The van der Waals surface area contributed by atoms with E-state index in [4.69, 9.17) is 0 Å². The molecular weight excluding hydrogens is 380 g/mol. The average molecular weight is 397 g/mol. The highest BCUT2D eigenvalue weighted by molar-refractivity contribution is 9.10. The number of halogens is 1. The summed E-state index contributed by atoms with van der Waals surface area (Å²) in [6, 6.07) is 13.5. The standard InChI is InChI=1S/C16H17BrN2O3S/c1-11(2)23(21,22)19-15-7-3-12(4-8-15)16(20)18-14-9-5-13(17)6-10-14/h3-11,19H,1-2H3,(H,18,20). The molecule has 122 valence electrons. The Kier molecular flexibility index (Phi) is 5.43. The number of benzene rings is 2. The first-order valence-electron chi connectivity index (χ1n) is 6.96. The summed E-state index contributed by atoms with van der Waals surface area (Å²) in [5, 5.41) is 2.25. The van der Waals surface area contributed by atoms with Crippen LogP contribution in [0.2, 0.25) is 0 Å². The zero-order chi connectivity index (χ0) is 17.0. The summed E-state index contributed by atoms with van der Waals surface area (Å²) in [6.45, 7) is 3.20. The van der Waals surface area contributed by atoms with Gasteiger partial charge in [0.25, 0.3) is 5.91 Å². The normalized spacial score (nSPS) is 11.3. The molecule has 1 amide bonds. The van der Waals surface area contributed by atoms with E-state index < -0.39 is 15.3 Å². The second kappa shape index (κ2) is 7.14. The summed E-state index contributed by atoms with van der Waals surface area (Å²) in [4.78, 5) is 12.1. The van der Waals surface area contributed by atoms with Gasteiger partial charge in [-0.2, -0.15) is 0 Å². The molecule has 0 atom stereocenters. The molecule has 0 aromatic heterocycles. The fourth-order valence-corrected chi connectivity index (χ4v) is 2.67. The molecule has 0 saturated carbocycles. The molecule has 0 aliphatic rings. The van der Waals surface area contributed by atoms with Crippen LogP contribution < -0.4 is 10.0 Å². The minimum atomic E-state index is -3.39. The van der Waals surface area contributed by atoms with E-state index in [1.165, 1.54) is 0 Å². The molecule has 0 aliphatic carbocycles. The Bertz CT molecular complexity index is 785. The van der Waals surface area contributed by atoms with E-state index in [1.807, 2.05) is 12.1 Å². The van der Waals surface area contributed by atoms with Crippen LogP contribution in [0.5, 0.6) is 0 Å². The number of carbonyl (C=O) groups is 1. The van der Waals surface area contributed by atoms with Gasteiger partial charge in [-0.15, -0.1) is 0 Å². The van der Waals surface area contributed by atoms with E-state index in [9.17, 15) is 13.2 Å². The Labute approximate surface area is 144 Å². The number of amides is 1. The zero-order valence-corrected chi connectivity index (χ0v) is 15.1. The molecule has 2 N–H and O–H groups in total. The largest absolute Gasteiger partial charge is 0.322 e. The number of hydrogen-bond acceptors (Lipinski definition) is 3. The summed E-state index contributed by atoms with van der Waals surface area (Å²) in [5.41, 5.74) is 1.56. The van der Waals surface area contributed by atoms with Crippen molar-refractivity contribution in [1.82, 2.24) is 0 Å². The quantitative estimate of drug-likeness (QED) is 0.805. The number of hydrogen-bond donors (Lipinski definition) is 2. The lowest BCUT2D eigenvalue weighted by Crippen LogP contribution is -2.22. The van der Waals surface area contributed by atoms with Gasteiger partial charge in [-0.05, 0) is 62.4 Å². The van der Waals surface area contributed by atoms with Gasteiger partial charge in [0.05, 0.1) is 5.25 Å². The second-order valence-corrected chi connectivity index (χ2v) is 8.39. The molecule has 2 rings (SSSR count). The number of carbonyl (C=O) groups excluding carboxylic acids is 1. The minimum absolute atomic E-state index is 0.259. The molecule has 5 nitrogen and oxygen atoms in total. The number of sulfonamides is 1. The monoisotopic (exact) mass is 396 g/mol. The van der Waals surface area contributed by atoms with E-state index >= 15 is 0 Å². The van der Waals surface area contributed by atoms with Crippen molar-refractivity contribution >= 4 is 43.2 Å². The van der Waals surface area contributed by atoms with Crippen LogP contribution in [0.4, 0.5) is 11.4 Å². The van der Waals surface area contributed by atoms with Crippen LogP contribution in [-0.2, 0) is 10.0 Å². The highest BCUT2D eigenvalue weighted by Gasteiger charge is 2.15. The first-order chi connectivity index (χ1) is 10.8. The van der Waals surface area contributed by atoms with Gasteiger partial charge in [0.15, 0.2) is 0 Å². The third kappa shape index (κ3) is 4.80. The van der Waals surface area contributed by atoms with Gasteiger partial charge in [-0.1, -0.05) is 15.9 Å². The topological polar surface area (TPSA) is 75.3 Å². The summed E-state index contributed by atoms with van der Waals surface area (Å²) in [7, 11) is -3.39. The van der Waals surface area contributed by atoms with Crippen molar-refractivity contribution in [1.29, 1.82) is 0 Å². The Morgan fingerprint density at radius 1 is 0.957 bits per heavy atom. The Hall–Kier alpha value is -1.86. The van der Waals surface area contributed by atoms with E-state index in [-0.39, 0.29) is 5.91 Å². The van der Waals surface area contributed by atoms with Crippen LogP contribution in [0.25, 0.3) is 0 Å². The lowest BCUT2D eigenvalue weighted by molar-refractivity contribution is 0.102. The fourth-order valence-electron chi connectivity index (χ4n) is 1.71. The maximum absolute atomic E-state index is 12.1. The molecule has 0 aliphatic heterocycles. The van der Waals surface area contributed by atoms with Gasteiger partial charge in [-0.25, -0.2) is 8.42 Å². The first-order valence-corrected chi connectivity index (χ1v) is 9.30. The first kappa shape index (κ1) is 17.5. The SMILES string of the molecule is CC(C)S(=O)(=O)Nc1ccc(C(=O)Nc2ccc(Br)cc2)cc1. The van der Waals surface area contributed by atoms with Crippen molar-refractivity contribution in [3.8, 4) is 0 Å². The Morgan fingerprint density at radius 3 is 2.00 bits per heavy atom. The van der Waals surface area contributed by atoms with Gasteiger partial charge in [-0.3, -0.25) is 9.52 Å². The van der Waals surface area contributed by atoms with Crippen LogP contribution in [0, 0.1) is 0 Å². The molecule has 0 radical (unpaired) electrons. The maximum atomic E-state index is 12.1. The highest BCUT2D eigenvalue weighted by Crippen LogP contribution is 2.17. The fraction of sp³-hybridized carbons (Fsp3) is 0.188. The van der Waals surface area contributed by atoms with Crippen molar-refractivity contribution < 1.29 is 13.2 Å². The van der Waals surface area contributed by atoms with Crippen LogP contribution >= 0.6 is 15.9 Å². The molecule has 0 spiro atoms. The lowest BCUT2D eigenvalue weighted by atomic mass is 10.2. The molecule has 2 aromatic rings. The molecule has 0 bridgehead atoms. The van der Waals surface area contributed by atoms with Crippen LogP contribution in [-0.4, -0.2) is 19.6 Å². The van der Waals surface area contributed by atoms with Crippen molar-refractivity contribution in [3.63, 3.8) is 0 Å². The molecular formula is C16H17BrN2O3S. The van der Waals surface area contributed by atoms with E-state index in [0.29, 0.717) is 16.9 Å². The van der Waals surface area contributed by atoms with Gasteiger partial charge in [0, 0.05) is 21.4 Å². The summed E-state index contributed by atoms with van der Waals surface area (Å²) < 4.78 is 27.0. The number of anilines is 2. The summed E-state index contributed by atoms with van der Waals surface area (Å²) in [5.74, 6) is -0.259.